The Balaban J connectivity index is 1.65. The van der Waals surface area contributed by atoms with Gasteiger partial charge in [-0.15, -0.1) is 0 Å². The van der Waals surface area contributed by atoms with Gasteiger partial charge in [0.25, 0.3) is 0 Å². The maximum absolute atomic E-state index is 11.8. The summed E-state index contributed by atoms with van der Waals surface area (Å²) in [6.45, 7) is 1.82. The molecule has 0 unspecified atom stereocenters. The molecule has 4 N–H and O–H groups in total. The minimum atomic E-state index is 0.0610. The quantitative estimate of drug-likeness (QED) is 0.650. The molecule has 1 amide bonds. The van der Waals surface area contributed by atoms with E-state index >= 15 is 0 Å². The zero-order chi connectivity index (χ0) is 11.4. The van der Waals surface area contributed by atoms with Crippen molar-refractivity contribution in [1.82, 2.24) is 10.6 Å². The van der Waals surface area contributed by atoms with Crippen LogP contribution in [0, 0.1) is 5.92 Å². The molecular weight excluding hydrogens is 202 g/mol. The van der Waals surface area contributed by atoms with Gasteiger partial charge in [-0.25, -0.2) is 0 Å². The topological polar surface area (TPSA) is 67.1 Å². The number of nitrogens with two attached hydrogens (primary N) is 1. The van der Waals surface area contributed by atoms with E-state index in [-0.39, 0.29) is 11.9 Å². The maximum Gasteiger partial charge on any atom is 0.237 e. The second kappa shape index (κ2) is 5.64. The molecule has 1 saturated carbocycles. The van der Waals surface area contributed by atoms with Crippen LogP contribution >= 0.6 is 0 Å². The van der Waals surface area contributed by atoms with Gasteiger partial charge in [-0.2, -0.15) is 0 Å². The first-order valence-electron chi connectivity index (χ1n) is 6.52. The minimum Gasteiger partial charge on any atom is -0.354 e. The smallest absolute Gasteiger partial charge is 0.237 e. The summed E-state index contributed by atoms with van der Waals surface area (Å²) in [5.74, 6) is 0.831. The molecule has 0 spiro atoms. The zero-order valence-electron chi connectivity index (χ0n) is 9.87. The van der Waals surface area contributed by atoms with E-state index in [1.807, 2.05) is 0 Å². The number of nitrogens with one attached hydrogen (secondary N) is 2. The lowest BCUT2D eigenvalue weighted by Crippen LogP contribution is -2.43. The molecule has 2 rings (SSSR count). The van der Waals surface area contributed by atoms with Crippen molar-refractivity contribution in [2.24, 2.45) is 11.7 Å². The van der Waals surface area contributed by atoms with Gasteiger partial charge in [-0.1, -0.05) is 0 Å². The van der Waals surface area contributed by atoms with Gasteiger partial charge in [-0.3, -0.25) is 4.79 Å². The van der Waals surface area contributed by atoms with Crippen LogP contribution in [0.1, 0.15) is 38.5 Å². The van der Waals surface area contributed by atoms with Gasteiger partial charge >= 0.3 is 0 Å². The van der Waals surface area contributed by atoms with Gasteiger partial charge in [0.15, 0.2) is 0 Å². The van der Waals surface area contributed by atoms with E-state index in [1.54, 1.807) is 0 Å². The van der Waals surface area contributed by atoms with E-state index in [0.717, 1.165) is 38.8 Å². The molecule has 0 aromatic rings. The fraction of sp³-hybridized carbons (Fsp3) is 0.917. The van der Waals surface area contributed by atoms with Crippen molar-refractivity contribution in [3.63, 3.8) is 0 Å². The van der Waals surface area contributed by atoms with E-state index in [1.165, 1.54) is 12.8 Å². The van der Waals surface area contributed by atoms with Crippen LogP contribution in [0.15, 0.2) is 0 Å². The molecular formula is C12H23N3O. The molecule has 4 heteroatoms. The van der Waals surface area contributed by atoms with E-state index in [4.69, 9.17) is 5.73 Å². The number of carbonyl (C=O) groups is 1. The monoisotopic (exact) mass is 225 g/mol. The van der Waals surface area contributed by atoms with Crippen molar-refractivity contribution < 1.29 is 4.79 Å². The van der Waals surface area contributed by atoms with E-state index in [2.05, 4.69) is 10.6 Å². The van der Waals surface area contributed by atoms with Crippen molar-refractivity contribution in [2.75, 3.05) is 13.1 Å². The van der Waals surface area contributed by atoms with Gasteiger partial charge < -0.3 is 16.4 Å². The largest absolute Gasteiger partial charge is 0.354 e. The van der Waals surface area contributed by atoms with Gasteiger partial charge in [0.1, 0.15) is 0 Å². The van der Waals surface area contributed by atoms with Crippen molar-refractivity contribution in [2.45, 2.75) is 50.6 Å². The summed E-state index contributed by atoms with van der Waals surface area (Å²) < 4.78 is 0. The fourth-order valence-corrected chi connectivity index (χ4v) is 2.67. The summed E-state index contributed by atoms with van der Waals surface area (Å²) in [6.07, 6.45) is 6.67. The summed E-state index contributed by atoms with van der Waals surface area (Å²) in [4.78, 5) is 11.8. The molecule has 4 nitrogen and oxygen atoms in total. The number of hydrogen-bond acceptors (Lipinski definition) is 3. The van der Waals surface area contributed by atoms with Crippen molar-refractivity contribution >= 4 is 5.91 Å². The lowest BCUT2D eigenvalue weighted by molar-refractivity contribution is -0.123. The van der Waals surface area contributed by atoms with Gasteiger partial charge in [0.05, 0.1) is 6.04 Å². The minimum absolute atomic E-state index is 0.0610. The lowest BCUT2D eigenvalue weighted by atomic mass is 9.86. The molecule has 0 radical (unpaired) electrons. The van der Waals surface area contributed by atoms with Crippen LogP contribution in [0.25, 0.3) is 0 Å². The molecule has 92 valence electrons. The van der Waals surface area contributed by atoms with Crippen LogP contribution in [-0.4, -0.2) is 31.1 Å². The van der Waals surface area contributed by atoms with Gasteiger partial charge in [-0.05, 0) is 51.0 Å². The normalized spacial score (nSPS) is 34.9. The molecule has 1 aliphatic carbocycles. The Morgan fingerprint density at radius 2 is 2.00 bits per heavy atom. The highest BCUT2D eigenvalue weighted by molar-refractivity contribution is 5.81. The molecule has 1 saturated heterocycles. The third kappa shape index (κ3) is 3.19. The second-order valence-electron chi connectivity index (χ2n) is 5.17. The van der Waals surface area contributed by atoms with Crippen LogP contribution in [0.3, 0.4) is 0 Å². The summed E-state index contributed by atoms with van der Waals surface area (Å²) in [7, 11) is 0. The number of rotatable bonds is 3. The predicted octanol–water partition coefficient (Wildman–Crippen LogP) is 0.372. The third-order valence-corrected chi connectivity index (χ3v) is 3.83. The lowest BCUT2D eigenvalue weighted by Gasteiger charge is -2.26. The first-order chi connectivity index (χ1) is 7.75. The Bertz CT molecular complexity index is 230. The highest BCUT2D eigenvalue weighted by atomic mass is 16.2. The Kier molecular flexibility index (Phi) is 4.18. The third-order valence-electron chi connectivity index (χ3n) is 3.83. The van der Waals surface area contributed by atoms with Crippen LogP contribution < -0.4 is 16.4 Å². The van der Waals surface area contributed by atoms with E-state index < -0.39 is 0 Å². The molecule has 2 fully saturated rings. The van der Waals surface area contributed by atoms with Crippen LogP contribution in [0.5, 0.6) is 0 Å². The Morgan fingerprint density at radius 1 is 1.25 bits per heavy atom. The predicted molar refractivity (Wildman–Crippen MR) is 64.0 cm³/mol. The maximum atomic E-state index is 11.8. The Morgan fingerprint density at radius 3 is 2.62 bits per heavy atom. The standard InChI is InChI=1S/C12H23N3O/c13-10-5-3-9(4-6-10)8-15-12(16)11-2-1-7-14-11/h9-11,14H,1-8,13H2,(H,15,16)/t9?,10?,11-/m0/s1. The van der Waals surface area contributed by atoms with Crippen molar-refractivity contribution in [1.29, 1.82) is 0 Å². The highest BCUT2D eigenvalue weighted by Gasteiger charge is 2.23. The second-order valence-corrected chi connectivity index (χ2v) is 5.17. The molecule has 1 heterocycles. The van der Waals surface area contributed by atoms with E-state index in [0.29, 0.717) is 12.0 Å². The van der Waals surface area contributed by atoms with Crippen LogP contribution in [-0.2, 0) is 4.79 Å². The SMILES string of the molecule is NC1CCC(CNC(=O)[C@@H]2CCCN2)CC1. The first kappa shape index (κ1) is 11.9. The number of hydrogen-bond donors (Lipinski definition) is 3. The molecule has 1 atom stereocenters. The van der Waals surface area contributed by atoms with Crippen molar-refractivity contribution in [3.8, 4) is 0 Å². The average Bonchev–Trinajstić information content (AvgIpc) is 2.81. The summed E-state index contributed by atoms with van der Waals surface area (Å²) in [5, 5.41) is 6.29. The molecule has 16 heavy (non-hydrogen) atoms. The van der Waals surface area contributed by atoms with Gasteiger partial charge in [0, 0.05) is 12.6 Å². The molecule has 2 aliphatic rings. The van der Waals surface area contributed by atoms with Crippen LogP contribution in [0.4, 0.5) is 0 Å². The van der Waals surface area contributed by atoms with E-state index in [9.17, 15) is 4.79 Å². The summed E-state index contributed by atoms with van der Waals surface area (Å²) in [6, 6.07) is 0.453. The summed E-state index contributed by atoms with van der Waals surface area (Å²) >= 11 is 0. The number of amides is 1. The Hall–Kier alpha value is -0.610. The summed E-state index contributed by atoms with van der Waals surface area (Å²) in [5.41, 5.74) is 5.86. The fourth-order valence-electron chi connectivity index (χ4n) is 2.67. The van der Waals surface area contributed by atoms with Gasteiger partial charge in [0.2, 0.25) is 5.91 Å². The Labute approximate surface area is 97.3 Å². The average molecular weight is 225 g/mol. The van der Waals surface area contributed by atoms with Crippen molar-refractivity contribution in [3.05, 3.63) is 0 Å². The molecule has 0 aromatic heterocycles. The van der Waals surface area contributed by atoms with Crippen LogP contribution in [0.2, 0.25) is 0 Å². The number of carbonyl (C=O) groups excluding carboxylic acids is 1. The first-order valence-corrected chi connectivity index (χ1v) is 6.52. The highest BCUT2D eigenvalue weighted by Crippen LogP contribution is 2.22. The molecule has 0 bridgehead atoms. The zero-order valence-corrected chi connectivity index (χ0v) is 9.87. The molecule has 1 aliphatic heterocycles. The molecule has 0 aromatic carbocycles.